The van der Waals surface area contributed by atoms with Crippen molar-refractivity contribution in [3.05, 3.63) is 170 Å². The second-order valence-corrected chi connectivity index (χ2v) is 18.3. The molecule has 0 atom stereocenters. The number of aromatic nitrogens is 14. The van der Waals surface area contributed by atoms with E-state index in [-0.39, 0.29) is 23.2 Å². The number of hydrogen-bond acceptors (Lipinski definition) is 18. The summed E-state index contributed by atoms with van der Waals surface area (Å²) in [7, 11) is 0. The molecule has 10 aromatic rings. The van der Waals surface area contributed by atoms with E-state index in [1.165, 1.54) is 37.5 Å². The topological polar surface area (TPSA) is 247 Å². The lowest BCUT2D eigenvalue weighted by molar-refractivity contribution is -0.126. The molecule has 80 heavy (non-hydrogen) atoms. The fourth-order valence-corrected chi connectivity index (χ4v) is 9.00. The predicted octanol–water partition coefficient (Wildman–Crippen LogP) is 9.28. The Morgan fingerprint density at radius 3 is 1.66 bits per heavy atom. The van der Waals surface area contributed by atoms with Gasteiger partial charge in [-0.1, -0.05) is 25.3 Å². The lowest BCUT2D eigenvalue weighted by Gasteiger charge is -2.18. The van der Waals surface area contributed by atoms with Crippen molar-refractivity contribution in [3.63, 3.8) is 0 Å². The van der Waals surface area contributed by atoms with Crippen molar-refractivity contribution >= 4 is 79.3 Å². The molecule has 0 bridgehead atoms. The molecular weight excluding hydrogens is 1030 g/mol. The van der Waals surface area contributed by atoms with Gasteiger partial charge in [-0.3, -0.25) is 9.59 Å². The fraction of sp³-hybridized carbons (Fsp3) is 0.179. The normalized spacial score (nSPS) is 13.7. The minimum Gasteiger partial charge on any atom is -0.457 e. The molecule has 0 unspecified atom stereocenters. The molecule has 2 aliphatic heterocycles. The molecule has 0 spiro atoms. The van der Waals surface area contributed by atoms with Gasteiger partial charge in [0.05, 0.1) is 23.8 Å². The largest absolute Gasteiger partial charge is 0.457 e. The Bertz CT molecular complexity index is 4130. The van der Waals surface area contributed by atoms with Crippen molar-refractivity contribution in [2.24, 2.45) is 0 Å². The maximum atomic E-state index is 15.5. The molecule has 22 nitrogen and oxygen atoms in total. The van der Waals surface area contributed by atoms with Crippen LogP contribution in [0.5, 0.6) is 23.0 Å². The summed E-state index contributed by atoms with van der Waals surface area (Å²) in [4.78, 5) is 71.5. The summed E-state index contributed by atoms with van der Waals surface area (Å²) in [6.07, 6.45) is 21.7. The molecule has 0 aliphatic carbocycles. The van der Waals surface area contributed by atoms with Crippen LogP contribution in [-0.4, -0.2) is 117 Å². The van der Waals surface area contributed by atoms with Gasteiger partial charge in [-0.05, 0) is 99.2 Å². The van der Waals surface area contributed by atoms with Gasteiger partial charge < -0.3 is 29.9 Å². The first-order valence-corrected chi connectivity index (χ1v) is 25.2. The molecule has 2 aliphatic rings. The number of hydrogen-bond donors (Lipinski definition) is 2. The Balaban J connectivity index is 0.000000169. The van der Waals surface area contributed by atoms with Gasteiger partial charge in [-0.2, -0.15) is 10.2 Å². The van der Waals surface area contributed by atoms with Crippen molar-refractivity contribution in [1.82, 2.24) is 78.9 Å². The van der Waals surface area contributed by atoms with Crippen molar-refractivity contribution in [3.8, 4) is 23.0 Å². The van der Waals surface area contributed by atoms with Crippen molar-refractivity contribution in [1.29, 1.82) is 0 Å². The molecule has 24 heteroatoms. The van der Waals surface area contributed by atoms with Crippen LogP contribution < -0.4 is 20.1 Å². The van der Waals surface area contributed by atoms with E-state index in [0.717, 1.165) is 17.6 Å². The van der Waals surface area contributed by atoms with Gasteiger partial charge >= 0.3 is 0 Å². The van der Waals surface area contributed by atoms with Crippen LogP contribution in [0.2, 0.25) is 0 Å². The number of rotatable bonds is 12. The maximum Gasteiger partial charge on any atom is 0.246 e. The summed E-state index contributed by atoms with van der Waals surface area (Å²) >= 11 is 0. The summed E-state index contributed by atoms with van der Waals surface area (Å²) in [6, 6.07) is 13.4. The molecule has 0 saturated heterocycles. The second kappa shape index (κ2) is 22.6. The SMILES string of the molecule is C=CC(=O)N1CC=C(c2ncc3ncnc(Nc4ccc(Oc5ccn6ncnc6c5)c(C)c4F)c3n2)CCC1.C=CC(=O)N1CCC=C(c2ncc3ncnc(Nc4ccc(Oc5ccn6ncnc6c5)c(C)c4F)c3n2)CC1. The molecule has 0 saturated carbocycles. The minimum absolute atomic E-state index is 0.0981. The molecule has 12 rings (SSSR count). The molecule has 10 heterocycles. The van der Waals surface area contributed by atoms with E-state index in [2.05, 4.69) is 73.9 Å². The van der Waals surface area contributed by atoms with Gasteiger partial charge in [-0.25, -0.2) is 67.7 Å². The van der Waals surface area contributed by atoms with E-state index >= 15 is 8.78 Å². The molecule has 2 N–H and O–H groups in total. The van der Waals surface area contributed by atoms with E-state index in [0.29, 0.717) is 136 Å². The number of benzene rings is 2. The number of anilines is 4. The highest BCUT2D eigenvalue weighted by Gasteiger charge is 2.21. The summed E-state index contributed by atoms with van der Waals surface area (Å²) in [5, 5.41) is 14.2. The summed E-state index contributed by atoms with van der Waals surface area (Å²) in [6.45, 7) is 12.6. The summed E-state index contributed by atoms with van der Waals surface area (Å²) in [5.74, 6) is 2.31. The van der Waals surface area contributed by atoms with Crippen LogP contribution >= 0.6 is 0 Å². The number of amides is 2. The zero-order valence-electron chi connectivity index (χ0n) is 43.2. The van der Waals surface area contributed by atoms with Gasteiger partial charge in [0.2, 0.25) is 11.8 Å². The third-order valence-electron chi connectivity index (χ3n) is 13.3. The van der Waals surface area contributed by atoms with E-state index in [4.69, 9.17) is 19.4 Å². The van der Waals surface area contributed by atoms with Crippen LogP contribution in [-0.2, 0) is 9.59 Å². The Hall–Kier alpha value is -10.5. The van der Waals surface area contributed by atoms with E-state index in [1.54, 1.807) is 106 Å². The number of fused-ring (bicyclic) bond motifs is 4. The second-order valence-electron chi connectivity index (χ2n) is 18.3. The van der Waals surface area contributed by atoms with Crippen LogP contribution in [0.1, 0.15) is 48.5 Å². The molecule has 2 aromatic carbocycles. The Kier molecular flexibility index (Phi) is 14.6. The molecule has 0 fully saturated rings. The van der Waals surface area contributed by atoms with Crippen LogP contribution in [0.15, 0.2) is 136 Å². The standard InChI is InChI=1S/2C28H24FN9O2/c2*1-3-24(39)37-10-4-5-18(8-11-37)27-30-14-21-26(36-27)28(33-15-31-21)35-20-6-7-22(17(2)25(20)29)40-19-9-12-38-23(13-19)32-16-34-38/h3,6-9,12-16H,1,4-5,10-11H2,2H3,(H,31,33,35);3,5-7,9,12-16H,1,4,8,10-11H2,2H3,(H,31,33,35). The number of ether oxygens (including phenoxy) is 2. The average molecular weight is 1080 g/mol. The van der Waals surface area contributed by atoms with Gasteiger partial charge in [0.15, 0.2) is 46.2 Å². The van der Waals surface area contributed by atoms with Gasteiger partial charge in [0.1, 0.15) is 70.4 Å². The zero-order chi connectivity index (χ0) is 55.3. The Labute approximate surface area is 454 Å². The van der Waals surface area contributed by atoms with Crippen molar-refractivity contribution in [2.75, 3.05) is 36.8 Å². The Morgan fingerprint density at radius 1 is 0.600 bits per heavy atom. The number of nitrogens with one attached hydrogen (secondary N) is 2. The minimum atomic E-state index is -0.486. The zero-order valence-corrected chi connectivity index (χ0v) is 43.2. The monoisotopic (exact) mass is 1070 g/mol. The lowest BCUT2D eigenvalue weighted by atomic mass is 10.1. The van der Waals surface area contributed by atoms with Crippen LogP contribution in [0.3, 0.4) is 0 Å². The maximum absolute atomic E-state index is 15.5. The molecule has 2 amide bonds. The number of carbonyl (C=O) groups is 2. The molecule has 0 radical (unpaired) electrons. The quantitative estimate of drug-likeness (QED) is 0.108. The average Bonchev–Trinajstić information content (AvgIpc) is 4.01. The van der Waals surface area contributed by atoms with Crippen LogP contribution in [0.4, 0.5) is 31.8 Å². The number of allylic oxidation sites excluding steroid dienone is 1. The van der Waals surface area contributed by atoms with Crippen LogP contribution in [0, 0.1) is 25.5 Å². The van der Waals surface area contributed by atoms with E-state index < -0.39 is 11.6 Å². The first-order valence-electron chi connectivity index (χ1n) is 25.2. The number of carbonyl (C=O) groups excluding carboxylic acids is 2. The van der Waals surface area contributed by atoms with Gasteiger partial charge in [0.25, 0.3) is 0 Å². The highest BCUT2D eigenvalue weighted by Crippen LogP contribution is 2.35. The first-order chi connectivity index (χ1) is 39.0. The Morgan fingerprint density at radius 2 is 1.12 bits per heavy atom. The van der Waals surface area contributed by atoms with Crippen molar-refractivity contribution < 1.29 is 27.8 Å². The molecule has 400 valence electrons. The number of nitrogens with zero attached hydrogens (tertiary/aromatic N) is 16. The van der Waals surface area contributed by atoms with E-state index in [9.17, 15) is 9.59 Å². The summed E-state index contributed by atoms with van der Waals surface area (Å²) < 4.78 is 46.1. The smallest absolute Gasteiger partial charge is 0.246 e. The highest BCUT2D eigenvalue weighted by molar-refractivity contribution is 5.90. The first kappa shape index (κ1) is 51.6. The lowest BCUT2D eigenvalue weighted by Crippen LogP contribution is -2.30. The molecular formula is C56H48F2N18O4. The third-order valence-corrected chi connectivity index (χ3v) is 13.3. The third kappa shape index (κ3) is 10.9. The molecule has 8 aromatic heterocycles. The van der Waals surface area contributed by atoms with Crippen molar-refractivity contribution in [2.45, 2.75) is 39.5 Å². The van der Waals surface area contributed by atoms with E-state index in [1.807, 2.05) is 12.2 Å². The van der Waals surface area contributed by atoms with Gasteiger partial charge in [0, 0.05) is 61.8 Å². The number of pyridine rings is 2. The highest BCUT2D eigenvalue weighted by atomic mass is 19.1. The summed E-state index contributed by atoms with van der Waals surface area (Å²) in [5.41, 5.74) is 6.08. The van der Waals surface area contributed by atoms with Gasteiger partial charge in [-0.15, -0.1) is 0 Å². The number of halogens is 2. The van der Waals surface area contributed by atoms with Crippen LogP contribution in [0.25, 0.3) is 44.5 Å². The predicted molar refractivity (Wildman–Crippen MR) is 293 cm³/mol. The fourth-order valence-electron chi connectivity index (χ4n) is 9.00.